The van der Waals surface area contributed by atoms with Crippen LogP contribution in [0.1, 0.15) is 18.1 Å². The number of nitrogens with zero attached hydrogens (tertiary/aromatic N) is 1. The van der Waals surface area contributed by atoms with E-state index < -0.39 is 0 Å². The van der Waals surface area contributed by atoms with Gasteiger partial charge < -0.3 is 14.8 Å². The lowest BCUT2D eigenvalue weighted by molar-refractivity contribution is 0.284. The maximum Gasteiger partial charge on any atom is 0.186 e. The summed E-state index contributed by atoms with van der Waals surface area (Å²) < 4.78 is 11.2. The Hall–Kier alpha value is -2.31. The SMILES string of the molecule is CCNC(=S)NN=Cc1ccc(OCc2cccc(Cl)c2)c(OC)c1. The molecule has 5 nitrogen and oxygen atoms in total. The second-order valence-corrected chi connectivity index (χ2v) is 5.90. The summed E-state index contributed by atoms with van der Waals surface area (Å²) in [6.45, 7) is 3.11. The molecule has 0 spiro atoms. The number of rotatable bonds is 7. The molecular weight excluding hydrogens is 358 g/mol. The van der Waals surface area contributed by atoms with Crippen LogP contribution in [0.4, 0.5) is 0 Å². The second-order valence-electron chi connectivity index (χ2n) is 5.06. The second kappa shape index (κ2) is 9.86. The van der Waals surface area contributed by atoms with Gasteiger partial charge in [-0.15, -0.1) is 0 Å². The van der Waals surface area contributed by atoms with E-state index in [-0.39, 0.29) is 0 Å². The quantitative estimate of drug-likeness (QED) is 0.437. The molecule has 25 heavy (non-hydrogen) atoms. The molecule has 2 rings (SSSR count). The summed E-state index contributed by atoms with van der Waals surface area (Å²) in [4.78, 5) is 0. The van der Waals surface area contributed by atoms with Gasteiger partial charge in [-0.3, -0.25) is 5.43 Å². The number of benzene rings is 2. The van der Waals surface area contributed by atoms with Crippen molar-refractivity contribution in [1.82, 2.24) is 10.7 Å². The molecule has 0 radical (unpaired) electrons. The summed E-state index contributed by atoms with van der Waals surface area (Å²) in [5.74, 6) is 1.27. The van der Waals surface area contributed by atoms with E-state index in [0.717, 1.165) is 17.7 Å². The van der Waals surface area contributed by atoms with Gasteiger partial charge >= 0.3 is 0 Å². The van der Waals surface area contributed by atoms with Crippen molar-refractivity contribution in [3.8, 4) is 11.5 Å². The monoisotopic (exact) mass is 377 g/mol. The first kappa shape index (κ1) is 19.0. The molecule has 7 heteroatoms. The Morgan fingerprint density at radius 3 is 2.80 bits per heavy atom. The van der Waals surface area contributed by atoms with Gasteiger partial charge in [0.25, 0.3) is 0 Å². The topological polar surface area (TPSA) is 54.9 Å². The van der Waals surface area contributed by atoms with Crippen LogP contribution in [0.3, 0.4) is 0 Å². The minimum atomic E-state index is 0.406. The van der Waals surface area contributed by atoms with E-state index in [1.54, 1.807) is 13.3 Å². The van der Waals surface area contributed by atoms with Crippen LogP contribution in [0.25, 0.3) is 0 Å². The Kier molecular flexibility index (Phi) is 7.50. The number of hydrogen-bond donors (Lipinski definition) is 2. The highest BCUT2D eigenvalue weighted by atomic mass is 35.5. The van der Waals surface area contributed by atoms with E-state index in [1.165, 1.54) is 0 Å². The molecule has 2 aromatic rings. The molecule has 0 amide bonds. The Labute approximate surface area is 158 Å². The van der Waals surface area contributed by atoms with Crippen molar-refractivity contribution in [2.24, 2.45) is 5.10 Å². The third-order valence-electron chi connectivity index (χ3n) is 3.19. The molecule has 2 N–H and O–H groups in total. The molecule has 0 aliphatic carbocycles. The number of hydrazone groups is 1. The molecule has 0 saturated heterocycles. The molecule has 2 aromatic carbocycles. The van der Waals surface area contributed by atoms with Crippen LogP contribution in [0, 0.1) is 0 Å². The van der Waals surface area contributed by atoms with Crippen molar-refractivity contribution in [2.45, 2.75) is 13.5 Å². The summed E-state index contributed by atoms with van der Waals surface area (Å²) in [6.07, 6.45) is 1.66. The standard InChI is InChI=1S/C18H20ClN3O2S/c1-3-20-18(25)22-21-11-13-7-8-16(17(10-13)23-2)24-12-14-5-4-6-15(19)9-14/h4-11H,3,12H2,1-2H3,(H2,20,22,25). The molecule has 0 aromatic heterocycles. The van der Waals surface area contributed by atoms with Crippen molar-refractivity contribution in [3.05, 3.63) is 58.6 Å². The van der Waals surface area contributed by atoms with Crippen LogP contribution in [-0.2, 0) is 6.61 Å². The molecule has 0 aliphatic rings. The zero-order valence-electron chi connectivity index (χ0n) is 14.1. The highest BCUT2D eigenvalue weighted by Crippen LogP contribution is 2.28. The van der Waals surface area contributed by atoms with Gasteiger partial charge in [-0.05, 0) is 60.6 Å². The Morgan fingerprint density at radius 2 is 2.08 bits per heavy atom. The number of thiocarbonyl (C=S) groups is 1. The summed E-state index contributed by atoms with van der Waals surface area (Å²) in [6, 6.07) is 13.1. The van der Waals surface area contributed by atoms with Crippen LogP contribution in [0.2, 0.25) is 5.02 Å². The fourth-order valence-electron chi connectivity index (χ4n) is 2.04. The summed E-state index contributed by atoms with van der Waals surface area (Å²) in [5.41, 5.74) is 4.59. The van der Waals surface area contributed by atoms with Gasteiger partial charge in [-0.1, -0.05) is 23.7 Å². The van der Waals surface area contributed by atoms with Crippen molar-refractivity contribution in [1.29, 1.82) is 0 Å². The Balaban J connectivity index is 2.01. The van der Waals surface area contributed by atoms with Gasteiger partial charge in [0.05, 0.1) is 13.3 Å². The summed E-state index contributed by atoms with van der Waals surface area (Å²) >= 11 is 11.0. The number of methoxy groups -OCH3 is 1. The van der Waals surface area contributed by atoms with Gasteiger partial charge in [0.2, 0.25) is 0 Å². The smallest absolute Gasteiger partial charge is 0.186 e. The van der Waals surface area contributed by atoms with Crippen LogP contribution in [0.5, 0.6) is 11.5 Å². The fourth-order valence-corrected chi connectivity index (χ4v) is 2.45. The van der Waals surface area contributed by atoms with Crippen molar-refractivity contribution >= 4 is 35.1 Å². The van der Waals surface area contributed by atoms with E-state index in [0.29, 0.717) is 28.2 Å². The van der Waals surface area contributed by atoms with Gasteiger partial charge in [0, 0.05) is 11.6 Å². The van der Waals surface area contributed by atoms with E-state index >= 15 is 0 Å². The number of hydrogen-bond acceptors (Lipinski definition) is 4. The third-order valence-corrected chi connectivity index (χ3v) is 3.66. The lowest BCUT2D eigenvalue weighted by atomic mass is 10.2. The van der Waals surface area contributed by atoms with Gasteiger partial charge in [-0.25, -0.2) is 0 Å². The highest BCUT2D eigenvalue weighted by Gasteiger charge is 2.06. The zero-order valence-corrected chi connectivity index (χ0v) is 15.7. The van der Waals surface area contributed by atoms with Crippen molar-refractivity contribution in [2.75, 3.05) is 13.7 Å². The van der Waals surface area contributed by atoms with Crippen molar-refractivity contribution < 1.29 is 9.47 Å². The maximum absolute atomic E-state index is 5.98. The predicted octanol–water partition coefficient (Wildman–Crippen LogP) is 3.75. The molecule has 0 heterocycles. The average Bonchev–Trinajstić information content (AvgIpc) is 2.60. The van der Waals surface area contributed by atoms with Gasteiger partial charge in [-0.2, -0.15) is 5.10 Å². The zero-order chi connectivity index (χ0) is 18.1. The van der Waals surface area contributed by atoms with Gasteiger partial charge in [0.1, 0.15) is 6.61 Å². The first-order valence-electron chi connectivity index (χ1n) is 7.74. The average molecular weight is 378 g/mol. The first-order chi connectivity index (χ1) is 12.1. The Morgan fingerprint density at radius 1 is 1.24 bits per heavy atom. The molecular formula is C18H20ClN3O2S. The van der Waals surface area contributed by atoms with Crippen LogP contribution < -0.4 is 20.2 Å². The number of ether oxygens (including phenoxy) is 2. The molecule has 132 valence electrons. The first-order valence-corrected chi connectivity index (χ1v) is 8.53. The minimum absolute atomic E-state index is 0.406. The molecule has 0 bridgehead atoms. The molecule has 0 aliphatic heterocycles. The lowest BCUT2D eigenvalue weighted by Crippen LogP contribution is -2.31. The molecule has 0 unspecified atom stereocenters. The largest absolute Gasteiger partial charge is 0.493 e. The van der Waals surface area contributed by atoms with E-state index in [9.17, 15) is 0 Å². The number of nitrogens with one attached hydrogen (secondary N) is 2. The van der Waals surface area contributed by atoms with Crippen LogP contribution >= 0.6 is 23.8 Å². The molecule has 0 saturated carbocycles. The van der Waals surface area contributed by atoms with E-state index in [2.05, 4.69) is 15.8 Å². The fraction of sp³-hybridized carbons (Fsp3) is 0.222. The third kappa shape index (κ3) is 6.25. The maximum atomic E-state index is 5.98. The highest BCUT2D eigenvalue weighted by molar-refractivity contribution is 7.80. The summed E-state index contributed by atoms with van der Waals surface area (Å²) in [7, 11) is 1.60. The molecule has 0 fully saturated rings. The van der Waals surface area contributed by atoms with E-state index in [1.807, 2.05) is 49.4 Å². The normalized spacial score (nSPS) is 10.5. The number of halogens is 1. The minimum Gasteiger partial charge on any atom is -0.493 e. The van der Waals surface area contributed by atoms with Crippen LogP contribution in [-0.4, -0.2) is 25.0 Å². The predicted molar refractivity (Wildman–Crippen MR) is 106 cm³/mol. The van der Waals surface area contributed by atoms with Crippen molar-refractivity contribution in [3.63, 3.8) is 0 Å². The summed E-state index contributed by atoms with van der Waals surface area (Å²) in [5, 5.41) is 8.19. The lowest BCUT2D eigenvalue weighted by Gasteiger charge is -2.11. The van der Waals surface area contributed by atoms with Crippen LogP contribution in [0.15, 0.2) is 47.6 Å². The molecule has 0 atom stereocenters. The van der Waals surface area contributed by atoms with E-state index in [4.69, 9.17) is 33.3 Å². The Bertz CT molecular complexity index is 753. The van der Waals surface area contributed by atoms with Gasteiger partial charge in [0.15, 0.2) is 16.6 Å².